The van der Waals surface area contributed by atoms with Crippen LogP contribution in [0.5, 0.6) is 0 Å². The molecular formula is C32H32ClFN4O2S. The van der Waals surface area contributed by atoms with E-state index in [0.29, 0.717) is 40.8 Å². The van der Waals surface area contributed by atoms with Gasteiger partial charge in [0.1, 0.15) is 11.4 Å². The summed E-state index contributed by atoms with van der Waals surface area (Å²) in [4.78, 5) is 22.3. The molecule has 1 saturated heterocycles. The van der Waals surface area contributed by atoms with Crippen molar-refractivity contribution in [1.29, 1.82) is 5.26 Å². The summed E-state index contributed by atoms with van der Waals surface area (Å²) in [5.41, 5.74) is 4.60. The summed E-state index contributed by atoms with van der Waals surface area (Å²) < 4.78 is 19.6. The predicted molar refractivity (Wildman–Crippen MR) is 162 cm³/mol. The molecule has 1 unspecified atom stereocenters. The molecule has 1 fully saturated rings. The van der Waals surface area contributed by atoms with E-state index >= 15 is 0 Å². The number of halogens is 2. The van der Waals surface area contributed by atoms with Gasteiger partial charge in [-0.1, -0.05) is 59.8 Å². The lowest BCUT2D eigenvalue weighted by atomic mass is 9.81. The van der Waals surface area contributed by atoms with Crippen molar-refractivity contribution in [3.8, 4) is 17.2 Å². The van der Waals surface area contributed by atoms with E-state index < -0.39 is 11.4 Å². The Morgan fingerprint density at radius 2 is 1.90 bits per heavy atom. The van der Waals surface area contributed by atoms with Gasteiger partial charge in [0.2, 0.25) is 0 Å². The van der Waals surface area contributed by atoms with E-state index in [0.717, 1.165) is 29.7 Å². The Kier molecular flexibility index (Phi) is 8.58. The molecule has 4 aromatic rings. The first-order valence-corrected chi connectivity index (χ1v) is 15.0. The molecule has 1 atom stereocenters. The van der Waals surface area contributed by atoms with Gasteiger partial charge in [-0.05, 0) is 80.3 Å². The first-order valence-electron chi connectivity index (χ1n) is 13.7. The zero-order valence-electron chi connectivity index (χ0n) is 23.3. The molecule has 41 heavy (non-hydrogen) atoms. The Labute approximate surface area is 248 Å². The SMILES string of the molecule is CC(C)(C)OC(=O)N1CCC(C(CSc2nc3cc(Cl)c(F)cc3[nH]2)c2ccc(-c3cccc(C#N)c3)cc2)CC1. The number of nitrogens with zero attached hydrogens (tertiary/aromatic N) is 3. The lowest BCUT2D eigenvalue weighted by molar-refractivity contribution is 0.0176. The second-order valence-electron chi connectivity index (χ2n) is 11.4. The Morgan fingerprint density at radius 1 is 1.17 bits per heavy atom. The Hall–Kier alpha value is -3.54. The lowest BCUT2D eigenvalue weighted by Crippen LogP contribution is -2.42. The Bertz CT molecular complexity index is 1550. The summed E-state index contributed by atoms with van der Waals surface area (Å²) >= 11 is 7.56. The number of likely N-dealkylation sites (tertiary alicyclic amines) is 1. The number of nitrogens with one attached hydrogen (secondary N) is 1. The van der Waals surface area contributed by atoms with Crippen LogP contribution in [0, 0.1) is 23.1 Å². The van der Waals surface area contributed by atoms with E-state index in [4.69, 9.17) is 16.3 Å². The normalized spacial score (nSPS) is 15.1. The largest absolute Gasteiger partial charge is 0.444 e. The van der Waals surface area contributed by atoms with Crippen molar-refractivity contribution in [2.45, 2.75) is 50.3 Å². The maximum absolute atomic E-state index is 14.0. The molecule has 1 aliphatic rings. The molecule has 9 heteroatoms. The topological polar surface area (TPSA) is 82.0 Å². The molecule has 1 N–H and O–H groups in total. The van der Waals surface area contributed by atoms with Gasteiger partial charge in [-0.15, -0.1) is 0 Å². The Balaban J connectivity index is 1.36. The molecule has 0 aliphatic carbocycles. The van der Waals surface area contributed by atoms with Gasteiger partial charge in [0.05, 0.1) is 27.7 Å². The highest BCUT2D eigenvalue weighted by Gasteiger charge is 2.31. The molecule has 1 aromatic heterocycles. The van der Waals surface area contributed by atoms with Crippen LogP contribution in [0.1, 0.15) is 50.7 Å². The van der Waals surface area contributed by atoms with Crippen LogP contribution in [-0.4, -0.2) is 45.4 Å². The van der Waals surface area contributed by atoms with E-state index in [2.05, 4.69) is 40.3 Å². The zero-order chi connectivity index (χ0) is 29.1. The Morgan fingerprint density at radius 3 is 2.59 bits per heavy atom. The van der Waals surface area contributed by atoms with Gasteiger partial charge < -0.3 is 14.6 Å². The van der Waals surface area contributed by atoms with Crippen LogP contribution in [-0.2, 0) is 4.74 Å². The van der Waals surface area contributed by atoms with Gasteiger partial charge >= 0.3 is 6.09 Å². The maximum atomic E-state index is 14.0. The number of imidazole rings is 1. The molecule has 1 aliphatic heterocycles. The lowest BCUT2D eigenvalue weighted by Gasteiger charge is -2.37. The van der Waals surface area contributed by atoms with Crippen molar-refractivity contribution in [3.63, 3.8) is 0 Å². The third-order valence-electron chi connectivity index (χ3n) is 7.33. The van der Waals surface area contributed by atoms with Crippen LogP contribution in [0.4, 0.5) is 9.18 Å². The summed E-state index contributed by atoms with van der Waals surface area (Å²) in [6, 6.07) is 21.2. The highest BCUT2D eigenvalue weighted by Crippen LogP contribution is 2.38. The van der Waals surface area contributed by atoms with Crippen molar-refractivity contribution < 1.29 is 13.9 Å². The molecular weight excluding hydrogens is 559 g/mol. The first kappa shape index (κ1) is 29.0. The number of ether oxygens (including phenoxy) is 1. The summed E-state index contributed by atoms with van der Waals surface area (Å²) in [5, 5.41) is 10.0. The summed E-state index contributed by atoms with van der Waals surface area (Å²) in [6.07, 6.45) is 1.45. The molecule has 0 saturated carbocycles. The van der Waals surface area contributed by atoms with Gasteiger partial charge in [0.15, 0.2) is 5.16 Å². The van der Waals surface area contributed by atoms with Gasteiger partial charge in [-0.3, -0.25) is 0 Å². The first-order chi connectivity index (χ1) is 19.6. The summed E-state index contributed by atoms with van der Waals surface area (Å²) in [5.74, 6) is 0.838. The van der Waals surface area contributed by atoms with Crippen LogP contribution < -0.4 is 0 Å². The molecule has 1 amide bonds. The summed E-state index contributed by atoms with van der Waals surface area (Å²) in [6.45, 7) is 6.92. The third kappa shape index (κ3) is 7.03. The van der Waals surface area contributed by atoms with Crippen LogP contribution in [0.2, 0.25) is 5.02 Å². The van der Waals surface area contributed by atoms with Crippen LogP contribution in [0.3, 0.4) is 0 Å². The number of benzene rings is 3. The quantitative estimate of drug-likeness (QED) is 0.228. The van der Waals surface area contributed by atoms with Crippen molar-refractivity contribution in [1.82, 2.24) is 14.9 Å². The van der Waals surface area contributed by atoms with E-state index in [1.165, 1.54) is 17.7 Å². The predicted octanol–water partition coefficient (Wildman–Crippen LogP) is 8.42. The molecule has 6 nitrogen and oxygen atoms in total. The number of H-pyrrole nitrogens is 1. The molecule has 5 rings (SSSR count). The van der Waals surface area contributed by atoms with Crippen molar-refractivity contribution in [2.75, 3.05) is 18.8 Å². The average molecular weight is 591 g/mol. The minimum Gasteiger partial charge on any atom is -0.444 e. The number of rotatable bonds is 6. The maximum Gasteiger partial charge on any atom is 0.410 e. The van der Waals surface area contributed by atoms with Crippen LogP contribution in [0.15, 0.2) is 65.8 Å². The van der Waals surface area contributed by atoms with Crippen LogP contribution >= 0.6 is 23.4 Å². The number of nitriles is 1. The summed E-state index contributed by atoms with van der Waals surface area (Å²) in [7, 11) is 0. The zero-order valence-corrected chi connectivity index (χ0v) is 24.9. The number of aromatic amines is 1. The molecule has 212 valence electrons. The monoisotopic (exact) mass is 590 g/mol. The highest BCUT2D eigenvalue weighted by molar-refractivity contribution is 7.99. The number of hydrogen-bond donors (Lipinski definition) is 1. The van der Waals surface area contributed by atoms with Crippen LogP contribution in [0.25, 0.3) is 22.2 Å². The number of thioether (sulfide) groups is 1. The second kappa shape index (κ2) is 12.1. The molecule has 0 radical (unpaired) electrons. The highest BCUT2D eigenvalue weighted by atomic mass is 35.5. The minimum absolute atomic E-state index is 0.0515. The average Bonchev–Trinajstić information content (AvgIpc) is 3.34. The van der Waals surface area contributed by atoms with E-state index in [1.54, 1.807) is 22.7 Å². The van der Waals surface area contributed by atoms with E-state index in [9.17, 15) is 14.4 Å². The van der Waals surface area contributed by atoms with Crippen molar-refractivity contribution in [3.05, 3.63) is 82.6 Å². The molecule has 3 aromatic carbocycles. The fraction of sp³-hybridized carbons (Fsp3) is 0.344. The van der Waals surface area contributed by atoms with Crippen molar-refractivity contribution in [2.24, 2.45) is 5.92 Å². The molecule has 0 bridgehead atoms. The number of carbonyl (C=O) groups excluding carboxylic acids is 1. The number of amides is 1. The minimum atomic E-state index is -0.526. The van der Waals surface area contributed by atoms with E-state index in [1.807, 2.05) is 39.0 Å². The van der Waals surface area contributed by atoms with E-state index in [-0.39, 0.29) is 17.0 Å². The third-order valence-corrected chi connectivity index (χ3v) is 8.61. The fourth-order valence-corrected chi connectivity index (χ4v) is 6.53. The number of fused-ring (bicyclic) bond motifs is 1. The van der Waals surface area contributed by atoms with Crippen molar-refractivity contribution >= 4 is 40.5 Å². The molecule has 0 spiro atoms. The number of hydrogen-bond acceptors (Lipinski definition) is 5. The fourth-order valence-electron chi connectivity index (χ4n) is 5.23. The van der Waals surface area contributed by atoms with Gasteiger partial charge in [-0.2, -0.15) is 5.26 Å². The molecule has 2 heterocycles. The standard InChI is InChI=1S/C32H32ClFN4O2S/c1-32(2,3)40-31(39)38-13-11-23(12-14-38)25(19-41-30-36-28-16-26(33)27(34)17-29(28)37-30)22-9-7-21(8-10-22)24-6-4-5-20(15-24)18-35/h4-10,15-17,23,25H,11-14,19H2,1-3H3,(H,36,37). The van der Waals surface area contributed by atoms with Gasteiger partial charge in [-0.25, -0.2) is 14.2 Å². The van der Waals surface area contributed by atoms with Gasteiger partial charge in [0.25, 0.3) is 0 Å². The number of aromatic nitrogens is 2. The second-order valence-corrected chi connectivity index (χ2v) is 12.8. The smallest absolute Gasteiger partial charge is 0.410 e. The van der Waals surface area contributed by atoms with Gasteiger partial charge in [0, 0.05) is 24.9 Å². The number of piperidine rings is 1. The number of carbonyl (C=O) groups is 1.